The minimum Gasteiger partial charge on any atom is -0.387 e. The van der Waals surface area contributed by atoms with E-state index in [2.05, 4.69) is 37.9 Å². The molecule has 15 heavy (non-hydrogen) atoms. The average molecular weight is 204 g/mol. The van der Waals surface area contributed by atoms with E-state index in [-0.39, 0.29) is 6.04 Å². The van der Waals surface area contributed by atoms with Crippen LogP contribution >= 0.6 is 0 Å². The first-order valence-corrected chi connectivity index (χ1v) is 5.52. The largest absolute Gasteiger partial charge is 0.387 e. The van der Waals surface area contributed by atoms with Crippen molar-refractivity contribution in [2.45, 2.75) is 39.7 Å². The van der Waals surface area contributed by atoms with Crippen LogP contribution in [0.1, 0.15) is 43.9 Å². The van der Waals surface area contributed by atoms with Gasteiger partial charge >= 0.3 is 0 Å². The van der Waals surface area contributed by atoms with E-state index < -0.39 is 0 Å². The Morgan fingerprint density at radius 2 is 2.07 bits per heavy atom. The fraction of sp³-hybridized carbons (Fsp3) is 0.462. The van der Waals surface area contributed by atoms with E-state index in [0.29, 0.717) is 0 Å². The molecule has 0 aliphatic carbocycles. The van der Waals surface area contributed by atoms with Crippen LogP contribution in [-0.2, 0) is 0 Å². The number of hydrogen-bond acceptors (Lipinski definition) is 1. The van der Waals surface area contributed by atoms with Crippen molar-refractivity contribution in [3.8, 4) is 0 Å². The lowest BCUT2D eigenvalue weighted by molar-refractivity contribution is 0.799. The van der Waals surface area contributed by atoms with Gasteiger partial charge in [-0.05, 0) is 31.4 Å². The van der Waals surface area contributed by atoms with Gasteiger partial charge in [0.25, 0.3) is 0 Å². The topological polar surface area (TPSA) is 38.4 Å². The molecule has 0 aliphatic rings. The van der Waals surface area contributed by atoms with E-state index in [1.165, 1.54) is 11.1 Å². The molecule has 2 N–H and O–H groups in total. The van der Waals surface area contributed by atoms with Gasteiger partial charge in [-0.25, -0.2) is 0 Å². The van der Waals surface area contributed by atoms with Crippen LogP contribution in [0.2, 0.25) is 0 Å². The van der Waals surface area contributed by atoms with Gasteiger partial charge in [0.1, 0.15) is 0 Å². The molecule has 0 heterocycles. The Morgan fingerprint density at radius 1 is 1.40 bits per heavy atom. The van der Waals surface area contributed by atoms with Crippen LogP contribution in [-0.4, -0.2) is 5.84 Å². The Bertz CT molecular complexity index is 342. The third-order valence-corrected chi connectivity index (χ3v) is 2.50. The summed E-state index contributed by atoms with van der Waals surface area (Å²) >= 11 is 0. The van der Waals surface area contributed by atoms with E-state index in [9.17, 15) is 0 Å². The van der Waals surface area contributed by atoms with Gasteiger partial charge in [0.2, 0.25) is 0 Å². The maximum atomic E-state index is 5.82. The van der Waals surface area contributed by atoms with Crippen molar-refractivity contribution in [2.24, 2.45) is 10.7 Å². The van der Waals surface area contributed by atoms with Crippen LogP contribution in [0.4, 0.5) is 0 Å². The predicted octanol–water partition coefficient (Wildman–Crippen LogP) is 3.21. The standard InChI is InChI=1S/C13H20N2/c1-4-7-13(14)15-11(3)12-9-6-5-8-10(12)2/h5-6,8-9,11H,4,7H2,1-3H3,(H2,14,15). The minimum atomic E-state index is 0.165. The van der Waals surface area contributed by atoms with Gasteiger partial charge in [-0.15, -0.1) is 0 Å². The Kier molecular flexibility index (Phi) is 4.35. The Morgan fingerprint density at radius 3 is 2.67 bits per heavy atom. The highest BCUT2D eigenvalue weighted by molar-refractivity contribution is 5.80. The van der Waals surface area contributed by atoms with Crippen molar-refractivity contribution in [3.63, 3.8) is 0 Å². The van der Waals surface area contributed by atoms with Gasteiger partial charge in [0.15, 0.2) is 0 Å². The number of hydrogen-bond donors (Lipinski definition) is 1. The van der Waals surface area contributed by atoms with Crippen LogP contribution in [0, 0.1) is 6.92 Å². The van der Waals surface area contributed by atoms with Gasteiger partial charge in [-0.1, -0.05) is 31.2 Å². The first-order valence-electron chi connectivity index (χ1n) is 5.52. The number of nitrogens with zero attached hydrogens (tertiary/aromatic N) is 1. The van der Waals surface area contributed by atoms with Crippen molar-refractivity contribution in [3.05, 3.63) is 35.4 Å². The van der Waals surface area contributed by atoms with Crippen molar-refractivity contribution < 1.29 is 0 Å². The van der Waals surface area contributed by atoms with Crippen molar-refractivity contribution in [1.29, 1.82) is 0 Å². The molecular weight excluding hydrogens is 184 g/mol. The summed E-state index contributed by atoms with van der Waals surface area (Å²) in [6.45, 7) is 6.31. The van der Waals surface area contributed by atoms with Crippen molar-refractivity contribution in [2.75, 3.05) is 0 Å². The molecule has 82 valence electrons. The molecule has 0 aliphatic heterocycles. The lowest BCUT2D eigenvalue weighted by Gasteiger charge is -2.11. The van der Waals surface area contributed by atoms with Gasteiger partial charge in [0, 0.05) is 6.42 Å². The summed E-state index contributed by atoms with van der Waals surface area (Å²) in [4.78, 5) is 4.49. The molecule has 1 aromatic rings. The molecule has 1 unspecified atom stereocenters. The minimum absolute atomic E-state index is 0.165. The fourth-order valence-electron chi connectivity index (χ4n) is 1.69. The SMILES string of the molecule is CCCC(N)=NC(C)c1ccccc1C. The molecule has 1 aromatic carbocycles. The molecular formula is C13H20N2. The summed E-state index contributed by atoms with van der Waals surface area (Å²) in [6, 6.07) is 8.48. The van der Waals surface area contributed by atoms with E-state index in [1.54, 1.807) is 0 Å². The second-order valence-electron chi connectivity index (χ2n) is 3.90. The van der Waals surface area contributed by atoms with E-state index in [4.69, 9.17) is 5.73 Å². The third-order valence-electron chi connectivity index (χ3n) is 2.50. The summed E-state index contributed by atoms with van der Waals surface area (Å²) in [5, 5.41) is 0. The normalized spacial score (nSPS) is 13.9. The van der Waals surface area contributed by atoms with Crippen LogP contribution in [0.25, 0.3) is 0 Å². The molecule has 0 bridgehead atoms. The van der Waals surface area contributed by atoms with Gasteiger partial charge in [-0.2, -0.15) is 0 Å². The summed E-state index contributed by atoms with van der Waals surface area (Å²) < 4.78 is 0. The number of rotatable bonds is 4. The lowest BCUT2D eigenvalue weighted by atomic mass is 10.0. The predicted molar refractivity (Wildman–Crippen MR) is 66.1 cm³/mol. The summed E-state index contributed by atoms with van der Waals surface area (Å²) in [7, 11) is 0. The van der Waals surface area contributed by atoms with Gasteiger partial charge in [-0.3, -0.25) is 4.99 Å². The zero-order valence-corrected chi connectivity index (χ0v) is 9.83. The second-order valence-corrected chi connectivity index (χ2v) is 3.90. The number of nitrogens with two attached hydrogens (primary N) is 1. The molecule has 0 radical (unpaired) electrons. The van der Waals surface area contributed by atoms with Crippen molar-refractivity contribution >= 4 is 5.84 Å². The highest BCUT2D eigenvalue weighted by atomic mass is 14.9. The molecule has 0 aromatic heterocycles. The Balaban J connectivity index is 2.81. The molecule has 0 saturated carbocycles. The molecule has 1 rings (SSSR count). The molecule has 2 heteroatoms. The summed E-state index contributed by atoms with van der Waals surface area (Å²) in [5.74, 6) is 0.758. The van der Waals surface area contributed by atoms with E-state index >= 15 is 0 Å². The number of aliphatic imine (C=N–C) groups is 1. The Hall–Kier alpha value is -1.31. The lowest BCUT2D eigenvalue weighted by Crippen LogP contribution is -2.12. The zero-order chi connectivity index (χ0) is 11.3. The molecule has 1 atom stereocenters. The summed E-state index contributed by atoms with van der Waals surface area (Å²) in [5.41, 5.74) is 8.36. The molecule has 0 spiro atoms. The van der Waals surface area contributed by atoms with Crippen molar-refractivity contribution in [1.82, 2.24) is 0 Å². The number of amidine groups is 1. The first-order chi connectivity index (χ1) is 7.15. The highest BCUT2D eigenvalue weighted by Crippen LogP contribution is 2.20. The van der Waals surface area contributed by atoms with Crippen LogP contribution < -0.4 is 5.73 Å². The molecule has 0 fully saturated rings. The fourth-order valence-corrected chi connectivity index (χ4v) is 1.69. The second kappa shape index (κ2) is 5.54. The smallest absolute Gasteiger partial charge is 0.0944 e. The molecule has 2 nitrogen and oxygen atoms in total. The monoisotopic (exact) mass is 204 g/mol. The van der Waals surface area contributed by atoms with E-state index in [0.717, 1.165) is 18.7 Å². The van der Waals surface area contributed by atoms with Crippen LogP contribution in [0.15, 0.2) is 29.3 Å². The average Bonchev–Trinajstić information content (AvgIpc) is 2.18. The quantitative estimate of drug-likeness (QED) is 0.593. The zero-order valence-electron chi connectivity index (χ0n) is 9.83. The van der Waals surface area contributed by atoms with E-state index in [1.807, 2.05) is 12.1 Å². The van der Waals surface area contributed by atoms with Crippen LogP contribution in [0.3, 0.4) is 0 Å². The maximum Gasteiger partial charge on any atom is 0.0944 e. The number of benzene rings is 1. The molecule has 0 amide bonds. The molecule has 0 saturated heterocycles. The third kappa shape index (κ3) is 3.39. The first kappa shape index (κ1) is 11.8. The van der Waals surface area contributed by atoms with Gasteiger partial charge in [0.05, 0.1) is 11.9 Å². The van der Waals surface area contributed by atoms with Crippen LogP contribution in [0.5, 0.6) is 0 Å². The number of aryl methyl sites for hydroxylation is 1. The highest BCUT2D eigenvalue weighted by Gasteiger charge is 2.06. The Labute approximate surface area is 92.2 Å². The maximum absolute atomic E-state index is 5.82. The van der Waals surface area contributed by atoms with Gasteiger partial charge < -0.3 is 5.73 Å². The summed E-state index contributed by atoms with van der Waals surface area (Å²) in [6.07, 6.45) is 1.94.